The smallest absolute Gasteiger partial charge is 0.119 e. The second-order valence-electron chi connectivity index (χ2n) is 5.27. The number of fused-ring (bicyclic) bond motifs is 1. The molecule has 1 aromatic rings. The van der Waals surface area contributed by atoms with Crippen LogP contribution in [0, 0.1) is 0 Å². The van der Waals surface area contributed by atoms with Gasteiger partial charge < -0.3 is 14.4 Å². The van der Waals surface area contributed by atoms with Crippen molar-refractivity contribution in [3.63, 3.8) is 0 Å². The molecule has 0 saturated carbocycles. The van der Waals surface area contributed by atoms with Gasteiger partial charge in [-0.15, -0.1) is 0 Å². The molecular formula is C14H22N2O2. The van der Waals surface area contributed by atoms with Crippen molar-refractivity contribution in [2.24, 2.45) is 0 Å². The standard InChI is InChI=1S/C14H22N2O2/c17-11-16-13(10-15-5-7-18-8-6-15)9-12-3-1-2-4-14(12)16/h9,17H,1-8,10-11H2. The van der Waals surface area contributed by atoms with E-state index in [-0.39, 0.29) is 6.73 Å². The van der Waals surface area contributed by atoms with E-state index in [0.717, 1.165) is 39.3 Å². The SMILES string of the molecule is OCn1c(CN2CCOCC2)cc2c1CCCC2. The fourth-order valence-electron chi connectivity index (χ4n) is 3.12. The summed E-state index contributed by atoms with van der Waals surface area (Å²) in [5, 5.41) is 9.61. The lowest BCUT2D eigenvalue weighted by Crippen LogP contribution is -2.36. The molecule has 1 saturated heterocycles. The number of aliphatic hydroxyl groups excluding tert-OH is 1. The second kappa shape index (κ2) is 5.43. The molecule has 3 rings (SSSR count). The maximum atomic E-state index is 9.61. The van der Waals surface area contributed by atoms with Crippen LogP contribution in [0.25, 0.3) is 0 Å². The third-order valence-electron chi connectivity index (χ3n) is 4.12. The quantitative estimate of drug-likeness (QED) is 0.874. The molecule has 4 heteroatoms. The molecule has 0 amide bonds. The van der Waals surface area contributed by atoms with Crippen molar-refractivity contribution in [3.05, 3.63) is 23.0 Å². The lowest BCUT2D eigenvalue weighted by atomic mass is 9.98. The summed E-state index contributed by atoms with van der Waals surface area (Å²) < 4.78 is 7.49. The monoisotopic (exact) mass is 250 g/mol. The number of rotatable bonds is 3. The van der Waals surface area contributed by atoms with E-state index >= 15 is 0 Å². The first-order valence-electron chi connectivity index (χ1n) is 6.99. The molecule has 1 aromatic heterocycles. The van der Waals surface area contributed by atoms with Crippen molar-refractivity contribution in [1.29, 1.82) is 0 Å². The highest BCUT2D eigenvalue weighted by Gasteiger charge is 2.19. The predicted molar refractivity (Wildman–Crippen MR) is 69.4 cm³/mol. The zero-order valence-electron chi connectivity index (χ0n) is 10.9. The molecule has 0 bridgehead atoms. The molecule has 0 atom stereocenters. The van der Waals surface area contributed by atoms with E-state index in [1.807, 2.05) is 0 Å². The Morgan fingerprint density at radius 3 is 2.72 bits per heavy atom. The van der Waals surface area contributed by atoms with Crippen LogP contribution in [-0.4, -0.2) is 40.9 Å². The number of aryl methyl sites for hydroxylation is 1. The fraction of sp³-hybridized carbons (Fsp3) is 0.714. The minimum Gasteiger partial charge on any atom is -0.379 e. The minimum atomic E-state index is 0.120. The molecule has 1 aliphatic heterocycles. The normalized spacial score (nSPS) is 20.9. The van der Waals surface area contributed by atoms with Crippen LogP contribution in [0.15, 0.2) is 6.07 Å². The van der Waals surface area contributed by atoms with Gasteiger partial charge in [-0.3, -0.25) is 4.90 Å². The van der Waals surface area contributed by atoms with Gasteiger partial charge in [-0.2, -0.15) is 0 Å². The Kier molecular flexibility index (Phi) is 3.68. The van der Waals surface area contributed by atoms with E-state index in [9.17, 15) is 5.11 Å². The van der Waals surface area contributed by atoms with Crippen LogP contribution in [0.1, 0.15) is 29.8 Å². The summed E-state index contributed by atoms with van der Waals surface area (Å²) in [5.74, 6) is 0. The fourth-order valence-corrected chi connectivity index (χ4v) is 3.12. The van der Waals surface area contributed by atoms with Gasteiger partial charge in [-0.05, 0) is 37.3 Å². The zero-order chi connectivity index (χ0) is 12.4. The Balaban J connectivity index is 1.80. The van der Waals surface area contributed by atoms with Gasteiger partial charge in [-0.25, -0.2) is 0 Å². The van der Waals surface area contributed by atoms with E-state index in [1.165, 1.54) is 36.2 Å². The van der Waals surface area contributed by atoms with Gasteiger partial charge in [0.15, 0.2) is 0 Å². The summed E-state index contributed by atoms with van der Waals surface area (Å²) in [4.78, 5) is 2.41. The average Bonchev–Trinajstić information content (AvgIpc) is 2.77. The predicted octanol–water partition coefficient (Wildman–Crippen LogP) is 1.15. The third-order valence-corrected chi connectivity index (χ3v) is 4.12. The van der Waals surface area contributed by atoms with Crippen molar-refractivity contribution in [2.75, 3.05) is 26.3 Å². The first-order chi connectivity index (χ1) is 8.88. The van der Waals surface area contributed by atoms with E-state index in [4.69, 9.17) is 4.74 Å². The molecule has 2 aliphatic rings. The Hall–Kier alpha value is -0.840. The van der Waals surface area contributed by atoms with Gasteiger partial charge in [0.2, 0.25) is 0 Å². The molecule has 0 aromatic carbocycles. The van der Waals surface area contributed by atoms with E-state index in [0.29, 0.717) is 0 Å². The largest absolute Gasteiger partial charge is 0.379 e. The maximum Gasteiger partial charge on any atom is 0.119 e. The first-order valence-corrected chi connectivity index (χ1v) is 6.99. The van der Waals surface area contributed by atoms with Crippen molar-refractivity contribution in [3.8, 4) is 0 Å². The first kappa shape index (κ1) is 12.2. The highest BCUT2D eigenvalue weighted by molar-refractivity contribution is 5.30. The molecule has 1 N–H and O–H groups in total. The van der Waals surface area contributed by atoms with Crippen molar-refractivity contribution in [2.45, 2.75) is 39.0 Å². The van der Waals surface area contributed by atoms with Crippen molar-refractivity contribution < 1.29 is 9.84 Å². The number of morpholine rings is 1. The topological polar surface area (TPSA) is 37.6 Å². The Labute approximate surface area is 108 Å². The highest BCUT2D eigenvalue weighted by Crippen LogP contribution is 2.25. The molecular weight excluding hydrogens is 228 g/mol. The molecule has 0 spiro atoms. The molecule has 100 valence electrons. The molecule has 1 fully saturated rings. The summed E-state index contributed by atoms with van der Waals surface area (Å²) >= 11 is 0. The third kappa shape index (κ3) is 2.32. The van der Waals surface area contributed by atoms with Crippen LogP contribution in [0.4, 0.5) is 0 Å². The molecule has 1 aliphatic carbocycles. The lowest BCUT2D eigenvalue weighted by Gasteiger charge is -2.27. The van der Waals surface area contributed by atoms with Crippen LogP contribution in [0.2, 0.25) is 0 Å². The van der Waals surface area contributed by atoms with Gasteiger partial charge in [0.1, 0.15) is 6.73 Å². The van der Waals surface area contributed by atoms with Crippen LogP contribution >= 0.6 is 0 Å². The minimum absolute atomic E-state index is 0.120. The lowest BCUT2D eigenvalue weighted by molar-refractivity contribution is 0.0324. The summed E-state index contributed by atoms with van der Waals surface area (Å²) in [6.45, 7) is 4.73. The van der Waals surface area contributed by atoms with Crippen molar-refractivity contribution >= 4 is 0 Å². The van der Waals surface area contributed by atoms with Gasteiger partial charge in [0, 0.05) is 31.0 Å². The summed E-state index contributed by atoms with van der Waals surface area (Å²) in [6, 6.07) is 2.31. The van der Waals surface area contributed by atoms with Gasteiger partial charge >= 0.3 is 0 Å². The Morgan fingerprint density at radius 1 is 1.17 bits per heavy atom. The van der Waals surface area contributed by atoms with Crippen LogP contribution in [0.3, 0.4) is 0 Å². The number of nitrogens with zero attached hydrogens (tertiary/aromatic N) is 2. The second-order valence-corrected chi connectivity index (χ2v) is 5.27. The van der Waals surface area contributed by atoms with Crippen molar-refractivity contribution in [1.82, 2.24) is 9.47 Å². The number of hydrogen-bond donors (Lipinski definition) is 1. The number of ether oxygens (including phenoxy) is 1. The molecule has 18 heavy (non-hydrogen) atoms. The van der Waals surface area contributed by atoms with Crippen LogP contribution < -0.4 is 0 Å². The average molecular weight is 250 g/mol. The van der Waals surface area contributed by atoms with Crippen LogP contribution in [0.5, 0.6) is 0 Å². The maximum absolute atomic E-state index is 9.61. The number of aromatic nitrogens is 1. The highest BCUT2D eigenvalue weighted by atomic mass is 16.5. The number of hydrogen-bond acceptors (Lipinski definition) is 3. The van der Waals surface area contributed by atoms with Gasteiger partial charge in [-0.1, -0.05) is 0 Å². The molecule has 0 unspecified atom stereocenters. The zero-order valence-corrected chi connectivity index (χ0v) is 10.9. The van der Waals surface area contributed by atoms with Gasteiger partial charge in [0.05, 0.1) is 13.2 Å². The summed E-state index contributed by atoms with van der Waals surface area (Å²) in [7, 11) is 0. The molecule has 4 nitrogen and oxygen atoms in total. The molecule has 0 radical (unpaired) electrons. The summed E-state index contributed by atoms with van der Waals surface area (Å²) in [6.07, 6.45) is 4.85. The van der Waals surface area contributed by atoms with Gasteiger partial charge in [0.25, 0.3) is 0 Å². The number of aliphatic hydroxyl groups is 1. The molecule has 2 heterocycles. The van der Waals surface area contributed by atoms with Crippen LogP contribution in [-0.2, 0) is 30.9 Å². The van der Waals surface area contributed by atoms with E-state index in [1.54, 1.807) is 0 Å². The summed E-state index contributed by atoms with van der Waals surface area (Å²) in [5.41, 5.74) is 4.09. The van der Waals surface area contributed by atoms with E-state index < -0.39 is 0 Å². The Morgan fingerprint density at radius 2 is 1.94 bits per heavy atom. The Bertz CT molecular complexity index is 408. The van der Waals surface area contributed by atoms with E-state index in [2.05, 4.69) is 15.5 Å².